The van der Waals surface area contributed by atoms with E-state index in [0.717, 1.165) is 18.6 Å². The molecule has 1 aromatic rings. The van der Waals surface area contributed by atoms with Crippen LogP contribution < -0.4 is 0 Å². The van der Waals surface area contributed by atoms with Gasteiger partial charge in [-0.25, -0.2) is 4.98 Å². The quantitative estimate of drug-likeness (QED) is 0.453. The molecule has 1 aliphatic carbocycles. The third kappa shape index (κ3) is 1.95. The Balaban J connectivity index is 2.00. The molecule has 0 unspecified atom stereocenters. The van der Waals surface area contributed by atoms with Crippen LogP contribution in [0.15, 0.2) is 23.9 Å². The molecule has 1 saturated carbocycles. The lowest BCUT2D eigenvalue weighted by atomic mass is 10.0. The molecule has 1 fully saturated rings. The van der Waals surface area contributed by atoms with Crippen LogP contribution in [-0.2, 0) is 6.54 Å². The molecule has 0 radical (unpaired) electrons. The minimum atomic E-state index is 0.474. The Bertz CT molecular complexity index is 299. The number of imidazole rings is 1. The van der Waals surface area contributed by atoms with Crippen molar-refractivity contribution < 1.29 is 5.21 Å². The van der Waals surface area contributed by atoms with E-state index in [1.54, 1.807) is 12.5 Å². The number of hydrogen-bond acceptors (Lipinski definition) is 3. The Morgan fingerprint density at radius 1 is 1.50 bits per heavy atom. The molecule has 4 nitrogen and oxygen atoms in total. The van der Waals surface area contributed by atoms with Crippen molar-refractivity contribution in [2.24, 2.45) is 11.1 Å². The molecule has 4 heteroatoms. The van der Waals surface area contributed by atoms with Gasteiger partial charge >= 0.3 is 0 Å². The Morgan fingerprint density at radius 3 is 2.86 bits per heavy atom. The van der Waals surface area contributed by atoms with E-state index >= 15 is 0 Å². The molecule has 1 heterocycles. The highest BCUT2D eigenvalue weighted by molar-refractivity contribution is 5.86. The van der Waals surface area contributed by atoms with Crippen LogP contribution in [0.5, 0.6) is 0 Å². The Morgan fingerprint density at radius 2 is 2.29 bits per heavy atom. The topological polar surface area (TPSA) is 50.4 Å². The van der Waals surface area contributed by atoms with Gasteiger partial charge in [0.05, 0.1) is 18.6 Å². The summed E-state index contributed by atoms with van der Waals surface area (Å²) in [6.45, 7) is 0.668. The van der Waals surface area contributed by atoms with E-state index in [9.17, 15) is 0 Å². The zero-order chi connectivity index (χ0) is 9.80. The molecule has 1 aromatic heterocycles. The van der Waals surface area contributed by atoms with Gasteiger partial charge in [-0.3, -0.25) is 0 Å². The normalized spacial score (nSPS) is 19.0. The molecule has 0 spiro atoms. The molecule has 0 bridgehead atoms. The zero-order valence-corrected chi connectivity index (χ0v) is 8.13. The number of nitrogens with zero attached hydrogens (tertiary/aromatic N) is 3. The van der Waals surface area contributed by atoms with E-state index < -0.39 is 0 Å². The summed E-state index contributed by atoms with van der Waals surface area (Å²) in [5.41, 5.74) is 0.889. The maximum atomic E-state index is 8.94. The highest BCUT2D eigenvalue weighted by Gasteiger charge is 2.21. The minimum Gasteiger partial charge on any atom is -0.411 e. The van der Waals surface area contributed by atoms with Crippen LogP contribution in [0.2, 0.25) is 0 Å². The first-order valence-electron chi connectivity index (χ1n) is 5.06. The summed E-state index contributed by atoms with van der Waals surface area (Å²) < 4.78 is 1.94. The molecule has 76 valence electrons. The maximum Gasteiger partial charge on any atom is 0.0949 e. The fourth-order valence-corrected chi connectivity index (χ4v) is 2.07. The van der Waals surface area contributed by atoms with Crippen LogP contribution in [0.4, 0.5) is 0 Å². The fourth-order valence-electron chi connectivity index (χ4n) is 2.07. The predicted octanol–water partition coefficient (Wildman–Crippen LogP) is 1.90. The molecular formula is C10H15N3O. The van der Waals surface area contributed by atoms with E-state index in [1.807, 2.05) is 10.8 Å². The molecule has 0 saturated heterocycles. The second-order valence-electron chi connectivity index (χ2n) is 3.81. The maximum absolute atomic E-state index is 8.94. The van der Waals surface area contributed by atoms with Gasteiger partial charge in [-0.15, -0.1) is 0 Å². The van der Waals surface area contributed by atoms with E-state index in [0.29, 0.717) is 12.5 Å². The first-order chi connectivity index (χ1) is 6.90. The predicted molar refractivity (Wildman–Crippen MR) is 53.4 cm³/mol. The van der Waals surface area contributed by atoms with Gasteiger partial charge in [-0.2, -0.15) is 0 Å². The second-order valence-corrected chi connectivity index (χ2v) is 3.81. The Kier molecular flexibility index (Phi) is 2.81. The highest BCUT2D eigenvalue weighted by atomic mass is 16.4. The molecule has 0 aromatic carbocycles. The average Bonchev–Trinajstić information content (AvgIpc) is 2.86. The van der Waals surface area contributed by atoms with E-state index in [4.69, 9.17) is 5.21 Å². The largest absolute Gasteiger partial charge is 0.411 e. The second kappa shape index (κ2) is 4.26. The van der Waals surface area contributed by atoms with Crippen molar-refractivity contribution in [3.63, 3.8) is 0 Å². The summed E-state index contributed by atoms with van der Waals surface area (Å²) in [5, 5.41) is 12.4. The smallest absolute Gasteiger partial charge is 0.0949 e. The van der Waals surface area contributed by atoms with Gasteiger partial charge in [-0.1, -0.05) is 18.0 Å². The van der Waals surface area contributed by atoms with Crippen LogP contribution in [0.1, 0.15) is 25.7 Å². The van der Waals surface area contributed by atoms with Gasteiger partial charge in [0.1, 0.15) is 0 Å². The van der Waals surface area contributed by atoms with Gasteiger partial charge in [0.25, 0.3) is 0 Å². The molecular weight excluding hydrogens is 178 g/mol. The third-order valence-corrected chi connectivity index (χ3v) is 2.86. The lowest BCUT2D eigenvalue weighted by Crippen LogP contribution is -2.17. The lowest BCUT2D eigenvalue weighted by Gasteiger charge is -2.11. The van der Waals surface area contributed by atoms with Crippen molar-refractivity contribution in [2.75, 3.05) is 0 Å². The summed E-state index contributed by atoms with van der Waals surface area (Å²) in [5.74, 6) is 0.474. The van der Waals surface area contributed by atoms with E-state index in [-0.39, 0.29) is 0 Å². The Hall–Kier alpha value is -1.32. The SMILES string of the molecule is ON=C(Cn1ccnc1)C1CCCC1. The number of oxime groups is 1. The van der Waals surface area contributed by atoms with Gasteiger partial charge in [0.2, 0.25) is 0 Å². The number of hydrogen-bond donors (Lipinski definition) is 1. The fraction of sp³-hybridized carbons (Fsp3) is 0.600. The summed E-state index contributed by atoms with van der Waals surface area (Å²) in [6, 6.07) is 0. The van der Waals surface area contributed by atoms with Crippen LogP contribution in [0, 0.1) is 5.92 Å². The molecule has 0 aliphatic heterocycles. The summed E-state index contributed by atoms with van der Waals surface area (Å²) in [4.78, 5) is 3.96. The van der Waals surface area contributed by atoms with E-state index in [1.165, 1.54) is 12.8 Å². The zero-order valence-electron chi connectivity index (χ0n) is 8.13. The molecule has 0 atom stereocenters. The van der Waals surface area contributed by atoms with Crippen molar-refractivity contribution in [2.45, 2.75) is 32.2 Å². The molecule has 1 aliphatic rings. The average molecular weight is 193 g/mol. The number of rotatable bonds is 3. The van der Waals surface area contributed by atoms with Crippen LogP contribution in [-0.4, -0.2) is 20.5 Å². The molecule has 0 amide bonds. The van der Waals surface area contributed by atoms with Crippen molar-refractivity contribution in [1.82, 2.24) is 9.55 Å². The first kappa shape index (κ1) is 9.24. The van der Waals surface area contributed by atoms with Gasteiger partial charge in [-0.05, 0) is 12.8 Å². The van der Waals surface area contributed by atoms with Gasteiger partial charge in [0.15, 0.2) is 0 Å². The standard InChI is InChI=1S/C10H15N3O/c14-12-10(9-3-1-2-4-9)7-13-6-5-11-8-13/h5-6,8-9,14H,1-4,7H2. The summed E-state index contributed by atoms with van der Waals surface area (Å²) >= 11 is 0. The van der Waals surface area contributed by atoms with Crippen LogP contribution in [0.25, 0.3) is 0 Å². The first-order valence-corrected chi connectivity index (χ1v) is 5.06. The molecule has 1 N–H and O–H groups in total. The van der Waals surface area contributed by atoms with Crippen molar-refractivity contribution in [3.8, 4) is 0 Å². The highest BCUT2D eigenvalue weighted by Crippen LogP contribution is 2.26. The summed E-state index contributed by atoms with van der Waals surface area (Å²) in [7, 11) is 0. The Labute approximate surface area is 83.3 Å². The lowest BCUT2D eigenvalue weighted by molar-refractivity contribution is 0.312. The van der Waals surface area contributed by atoms with E-state index in [2.05, 4.69) is 10.1 Å². The van der Waals surface area contributed by atoms with Crippen LogP contribution in [0.3, 0.4) is 0 Å². The van der Waals surface area contributed by atoms with Crippen molar-refractivity contribution in [1.29, 1.82) is 0 Å². The monoisotopic (exact) mass is 193 g/mol. The van der Waals surface area contributed by atoms with Crippen molar-refractivity contribution in [3.05, 3.63) is 18.7 Å². The number of aromatic nitrogens is 2. The van der Waals surface area contributed by atoms with Gasteiger partial charge in [0, 0.05) is 18.3 Å². The molecule has 14 heavy (non-hydrogen) atoms. The molecule has 2 rings (SSSR count). The van der Waals surface area contributed by atoms with Crippen molar-refractivity contribution >= 4 is 5.71 Å². The summed E-state index contributed by atoms with van der Waals surface area (Å²) in [6.07, 6.45) is 10.2. The third-order valence-electron chi connectivity index (χ3n) is 2.86. The minimum absolute atomic E-state index is 0.474. The van der Waals surface area contributed by atoms with Gasteiger partial charge < -0.3 is 9.77 Å². The van der Waals surface area contributed by atoms with Crippen LogP contribution >= 0.6 is 0 Å².